The monoisotopic (exact) mass is 320 g/mol. The standard InChI is InChI=1S/C16H17ClN2O3/c17-11-5-13-14(22-7-15(20)18-13)6-12(11)19-16(21)10-4-9(10)8-2-1-3-8/h5-6,8-10H,1-4,7H2,(H,18,20)(H,19,21)/t9-,10+/m1/s1. The fourth-order valence-corrected chi connectivity index (χ4v) is 3.54. The molecule has 6 heteroatoms. The number of rotatable bonds is 3. The van der Waals surface area contributed by atoms with E-state index < -0.39 is 0 Å². The van der Waals surface area contributed by atoms with Gasteiger partial charge < -0.3 is 15.4 Å². The quantitative estimate of drug-likeness (QED) is 0.899. The second-order valence-corrected chi connectivity index (χ2v) is 6.76. The zero-order valence-corrected chi connectivity index (χ0v) is 12.8. The van der Waals surface area contributed by atoms with Crippen LogP contribution in [0.4, 0.5) is 11.4 Å². The lowest BCUT2D eigenvalue weighted by atomic mass is 9.81. The van der Waals surface area contributed by atoms with Gasteiger partial charge in [0.2, 0.25) is 5.91 Å². The highest BCUT2D eigenvalue weighted by molar-refractivity contribution is 6.34. The van der Waals surface area contributed by atoms with E-state index in [9.17, 15) is 9.59 Å². The summed E-state index contributed by atoms with van der Waals surface area (Å²) >= 11 is 6.19. The van der Waals surface area contributed by atoms with Crippen molar-refractivity contribution in [1.82, 2.24) is 0 Å². The summed E-state index contributed by atoms with van der Waals surface area (Å²) in [6.45, 7) is -0.0194. The van der Waals surface area contributed by atoms with Gasteiger partial charge in [0.1, 0.15) is 5.75 Å². The van der Waals surface area contributed by atoms with Gasteiger partial charge in [-0.3, -0.25) is 9.59 Å². The number of benzene rings is 1. The lowest BCUT2D eigenvalue weighted by molar-refractivity contribution is -0.119. The summed E-state index contributed by atoms with van der Waals surface area (Å²) in [7, 11) is 0. The molecule has 2 fully saturated rings. The van der Waals surface area contributed by atoms with Crippen molar-refractivity contribution < 1.29 is 14.3 Å². The summed E-state index contributed by atoms with van der Waals surface area (Å²) in [6.07, 6.45) is 4.82. The molecule has 0 aromatic heterocycles. The average Bonchev–Trinajstić information content (AvgIpc) is 3.18. The molecule has 1 aromatic rings. The Morgan fingerprint density at radius 2 is 2.18 bits per heavy atom. The van der Waals surface area contributed by atoms with Crippen molar-refractivity contribution in [2.24, 2.45) is 17.8 Å². The summed E-state index contributed by atoms with van der Waals surface area (Å²) in [5.74, 6) is 1.79. The van der Waals surface area contributed by atoms with Crippen molar-refractivity contribution in [3.8, 4) is 5.75 Å². The van der Waals surface area contributed by atoms with Crippen LogP contribution in [0.2, 0.25) is 5.02 Å². The number of carbonyl (C=O) groups is 2. The third kappa shape index (κ3) is 2.43. The third-order valence-electron chi connectivity index (χ3n) is 4.89. The number of amides is 2. The zero-order valence-electron chi connectivity index (χ0n) is 12.0. The van der Waals surface area contributed by atoms with Gasteiger partial charge in [-0.1, -0.05) is 30.9 Å². The molecule has 116 valence electrons. The molecule has 3 aliphatic rings. The number of nitrogens with one attached hydrogen (secondary N) is 2. The molecule has 0 radical (unpaired) electrons. The molecule has 1 aliphatic heterocycles. The van der Waals surface area contributed by atoms with Gasteiger partial charge in [0, 0.05) is 12.0 Å². The Kier molecular flexibility index (Phi) is 3.26. The fraction of sp³-hybridized carbons (Fsp3) is 0.500. The van der Waals surface area contributed by atoms with Crippen LogP contribution in [-0.4, -0.2) is 18.4 Å². The van der Waals surface area contributed by atoms with Crippen LogP contribution in [0.15, 0.2) is 12.1 Å². The second kappa shape index (κ2) is 5.16. The molecule has 2 atom stereocenters. The highest BCUT2D eigenvalue weighted by Crippen LogP contribution is 2.52. The summed E-state index contributed by atoms with van der Waals surface area (Å²) in [5, 5.41) is 6.00. The first kappa shape index (κ1) is 13.9. The van der Waals surface area contributed by atoms with Crippen molar-refractivity contribution in [1.29, 1.82) is 0 Å². The maximum atomic E-state index is 12.3. The van der Waals surface area contributed by atoms with Crippen molar-refractivity contribution in [3.05, 3.63) is 17.2 Å². The predicted molar refractivity (Wildman–Crippen MR) is 83.1 cm³/mol. The molecule has 2 amide bonds. The van der Waals surface area contributed by atoms with Gasteiger partial charge in [0.15, 0.2) is 6.61 Å². The minimum Gasteiger partial charge on any atom is -0.482 e. The van der Waals surface area contributed by atoms with Gasteiger partial charge in [-0.05, 0) is 24.3 Å². The van der Waals surface area contributed by atoms with Crippen LogP contribution in [-0.2, 0) is 9.59 Å². The van der Waals surface area contributed by atoms with E-state index >= 15 is 0 Å². The first-order valence-electron chi connectivity index (χ1n) is 7.69. The normalized spacial score (nSPS) is 26.3. The van der Waals surface area contributed by atoms with E-state index in [0.717, 1.165) is 12.3 Å². The number of hydrogen-bond donors (Lipinski definition) is 2. The van der Waals surface area contributed by atoms with Crippen LogP contribution in [0, 0.1) is 17.8 Å². The van der Waals surface area contributed by atoms with Crippen LogP contribution in [0.3, 0.4) is 0 Å². The Hall–Kier alpha value is -1.75. The number of ether oxygens (including phenoxy) is 1. The SMILES string of the molecule is O=C1COc2cc(NC(=O)[C@H]3C[C@@H]3C3CCC3)c(Cl)cc2N1. The molecule has 2 saturated carbocycles. The van der Waals surface area contributed by atoms with Crippen molar-refractivity contribution in [3.63, 3.8) is 0 Å². The zero-order chi connectivity index (χ0) is 15.3. The highest BCUT2D eigenvalue weighted by atomic mass is 35.5. The van der Waals surface area contributed by atoms with Crippen molar-refractivity contribution >= 4 is 34.8 Å². The summed E-state index contributed by atoms with van der Waals surface area (Å²) in [4.78, 5) is 23.6. The molecule has 0 saturated heterocycles. The van der Waals surface area contributed by atoms with E-state index in [1.165, 1.54) is 19.3 Å². The van der Waals surface area contributed by atoms with Gasteiger partial charge >= 0.3 is 0 Å². The van der Waals surface area contributed by atoms with Crippen LogP contribution in [0.1, 0.15) is 25.7 Å². The van der Waals surface area contributed by atoms with Crippen molar-refractivity contribution in [2.45, 2.75) is 25.7 Å². The molecule has 2 aliphatic carbocycles. The molecule has 22 heavy (non-hydrogen) atoms. The lowest BCUT2D eigenvalue weighted by Gasteiger charge is -2.25. The third-order valence-corrected chi connectivity index (χ3v) is 5.20. The van der Waals surface area contributed by atoms with E-state index in [1.54, 1.807) is 12.1 Å². The topological polar surface area (TPSA) is 67.4 Å². The minimum absolute atomic E-state index is 0.0194. The summed E-state index contributed by atoms with van der Waals surface area (Å²) < 4.78 is 5.35. The maximum absolute atomic E-state index is 12.3. The second-order valence-electron chi connectivity index (χ2n) is 6.35. The smallest absolute Gasteiger partial charge is 0.262 e. The maximum Gasteiger partial charge on any atom is 0.262 e. The van der Waals surface area contributed by atoms with Crippen LogP contribution in [0.25, 0.3) is 0 Å². The van der Waals surface area contributed by atoms with E-state index in [0.29, 0.717) is 28.1 Å². The molecule has 5 nitrogen and oxygen atoms in total. The van der Waals surface area contributed by atoms with Crippen LogP contribution < -0.4 is 15.4 Å². The van der Waals surface area contributed by atoms with Gasteiger partial charge in [0.05, 0.1) is 16.4 Å². The molecular weight excluding hydrogens is 304 g/mol. The Bertz CT molecular complexity index is 657. The minimum atomic E-state index is -0.207. The summed E-state index contributed by atoms with van der Waals surface area (Å²) in [6, 6.07) is 3.29. The lowest BCUT2D eigenvalue weighted by Crippen LogP contribution is -2.25. The molecular formula is C16H17ClN2O3. The molecule has 0 bridgehead atoms. The van der Waals surface area contributed by atoms with Crippen LogP contribution in [0.5, 0.6) is 5.75 Å². The average molecular weight is 321 g/mol. The first-order chi connectivity index (χ1) is 10.6. The molecule has 2 N–H and O–H groups in total. The van der Waals surface area contributed by atoms with Gasteiger partial charge in [-0.15, -0.1) is 0 Å². The van der Waals surface area contributed by atoms with E-state index in [4.69, 9.17) is 16.3 Å². The molecule has 0 spiro atoms. The Balaban J connectivity index is 1.46. The Morgan fingerprint density at radius 3 is 2.91 bits per heavy atom. The first-order valence-corrected chi connectivity index (χ1v) is 8.06. The Morgan fingerprint density at radius 1 is 1.36 bits per heavy atom. The molecule has 1 heterocycles. The Labute approximate surface area is 133 Å². The highest BCUT2D eigenvalue weighted by Gasteiger charge is 2.48. The summed E-state index contributed by atoms with van der Waals surface area (Å²) in [5.41, 5.74) is 1.08. The van der Waals surface area contributed by atoms with Crippen molar-refractivity contribution in [2.75, 3.05) is 17.2 Å². The van der Waals surface area contributed by atoms with Gasteiger partial charge in [0.25, 0.3) is 5.91 Å². The van der Waals surface area contributed by atoms with Gasteiger partial charge in [-0.2, -0.15) is 0 Å². The number of carbonyl (C=O) groups excluding carboxylic acids is 2. The van der Waals surface area contributed by atoms with E-state index in [1.807, 2.05) is 0 Å². The van der Waals surface area contributed by atoms with Gasteiger partial charge in [-0.25, -0.2) is 0 Å². The number of hydrogen-bond acceptors (Lipinski definition) is 3. The van der Waals surface area contributed by atoms with E-state index in [2.05, 4.69) is 10.6 Å². The number of halogens is 1. The number of anilines is 2. The molecule has 0 unspecified atom stereocenters. The molecule has 4 rings (SSSR count). The van der Waals surface area contributed by atoms with Crippen LogP contribution >= 0.6 is 11.6 Å². The number of fused-ring (bicyclic) bond motifs is 1. The predicted octanol–water partition coefficient (Wildman–Crippen LogP) is 3.05. The largest absolute Gasteiger partial charge is 0.482 e. The molecule has 1 aromatic carbocycles. The van der Waals surface area contributed by atoms with E-state index in [-0.39, 0.29) is 24.3 Å². The fourth-order valence-electron chi connectivity index (χ4n) is 3.33.